The van der Waals surface area contributed by atoms with Crippen LogP contribution in [0.5, 0.6) is 5.75 Å². The molecule has 2 aliphatic rings. The number of nitrogens with one attached hydrogen (secondary N) is 7. The van der Waals surface area contributed by atoms with Crippen LogP contribution in [-0.4, -0.2) is 143 Å². The molecule has 2 saturated heterocycles. The van der Waals surface area contributed by atoms with Crippen molar-refractivity contribution in [2.24, 2.45) is 0 Å². The number of aryl methyl sites for hydroxylation is 1. The second-order valence-electron chi connectivity index (χ2n) is 17.1. The SMILES string of the molecule is Cc1cnc(Nc2ccc(N3CCN([NH+]([O-])CCC(=O)NCCCOCCOCCOCCCNC(=O)COc4cccc(C(=O)[NH+]([O-])C5CCC(=O)NC5=O)c4C)CC3)cc2)nc1Nc1cccc(S)c1. The van der Waals surface area contributed by atoms with Crippen molar-refractivity contribution in [1.82, 2.24) is 30.9 Å². The van der Waals surface area contributed by atoms with Crippen LogP contribution in [0.3, 0.4) is 0 Å². The predicted octanol–water partition coefficient (Wildman–Crippen LogP) is 1.15. The number of amides is 5. The van der Waals surface area contributed by atoms with E-state index >= 15 is 0 Å². The molecule has 5 amide bonds. The smallest absolute Gasteiger partial charge is 0.345 e. The first-order valence-electron chi connectivity index (χ1n) is 24.1. The van der Waals surface area contributed by atoms with Gasteiger partial charge in [-0.1, -0.05) is 12.1 Å². The van der Waals surface area contributed by atoms with Crippen LogP contribution >= 0.6 is 12.6 Å². The van der Waals surface area contributed by atoms with Crippen LogP contribution < -0.4 is 46.5 Å². The van der Waals surface area contributed by atoms with Gasteiger partial charge in [0.15, 0.2) is 12.6 Å². The molecule has 2 aliphatic heterocycles. The minimum atomic E-state index is -1.22. The first-order valence-corrected chi connectivity index (χ1v) is 24.5. The minimum Gasteiger partial charge on any atom is -0.626 e. The third-order valence-electron chi connectivity index (χ3n) is 11.8. The third kappa shape index (κ3) is 17.5. The number of imide groups is 1. The zero-order chi connectivity index (χ0) is 51.2. The topological polar surface area (TPSA) is 270 Å². The molecule has 3 unspecified atom stereocenters. The summed E-state index contributed by atoms with van der Waals surface area (Å²) in [6, 6.07) is 19.1. The number of aromatic nitrogens is 2. The number of nitrogens with zero attached hydrogens (tertiary/aromatic N) is 4. The number of anilines is 5. The van der Waals surface area contributed by atoms with E-state index in [1.165, 1.54) is 12.1 Å². The lowest BCUT2D eigenvalue weighted by atomic mass is 10.0. The first kappa shape index (κ1) is 55.0. The number of piperazine rings is 1. The zero-order valence-corrected chi connectivity index (χ0v) is 41.6. The molecule has 7 N–H and O–H groups in total. The molecule has 0 aliphatic carbocycles. The molecule has 3 aromatic carbocycles. The lowest BCUT2D eigenvalue weighted by Gasteiger charge is -2.40. The standard InChI is InChI=1S/C49H65N11O11S/c1-34-32-52-49(56-46(34)53-37-7-3-8-39(72)31-37)54-36-11-13-38(14-12-36)57-21-23-58(24-22-57)59(66)20-17-43(61)50-18-5-25-68-27-29-70-30-28-69-26-6-19-51-45(63)33-71-42-10-4-9-40(35(42)2)48(65)60(67)41-15-16-44(62)55-47(41)64/h3-4,7-14,31-32,41,59-60,72H,5-6,15-30,33H2,1-2H3,(H,50,61)(H,51,63)(H,55,62,64)(H2,52,53,54,56). The lowest BCUT2D eigenvalue weighted by Crippen LogP contribution is -3.15. The van der Waals surface area contributed by atoms with Gasteiger partial charge in [0.1, 0.15) is 18.1 Å². The maximum absolute atomic E-state index is 12.9. The van der Waals surface area contributed by atoms with E-state index in [1.54, 1.807) is 19.2 Å². The highest BCUT2D eigenvalue weighted by atomic mass is 32.1. The number of ether oxygens (including phenoxy) is 4. The van der Waals surface area contributed by atoms with Crippen LogP contribution in [0.25, 0.3) is 0 Å². The molecule has 1 aromatic heterocycles. The van der Waals surface area contributed by atoms with Crippen molar-refractivity contribution >= 4 is 71.0 Å². The van der Waals surface area contributed by atoms with Crippen molar-refractivity contribution in [3.05, 3.63) is 100 Å². The molecular weight excluding hydrogens is 951 g/mol. The van der Waals surface area contributed by atoms with Gasteiger partial charge in [-0.05, 0) is 81.3 Å². The molecule has 22 nitrogen and oxygen atoms in total. The minimum absolute atomic E-state index is 0.0200. The Morgan fingerprint density at radius 1 is 0.819 bits per heavy atom. The van der Waals surface area contributed by atoms with Gasteiger partial charge in [0, 0.05) is 91.5 Å². The van der Waals surface area contributed by atoms with Gasteiger partial charge in [0.05, 0.1) is 51.5 Å². The summed E-state index contributed by atoms with van der Waals surface area (Å²) in [7, 11) is 0. The highest BCUT2D eigenvalue weighted by Gasteiger charge is 2.36. The number of piperidine rings is 1. The molecule has 0 saturated carbocycles. The number of hydroxylamine groups is 3. The number of quaternary nitrogens is 2. The van der Waals surface area contributed by atoms with Gasteiger partial charge in [-0.25, -0.2) is 9.78 Å². The number of benzene rings is 3. The monoisotopic (exact) mass is 1020 g/mol. The number of thiol groups is 1. The fourth-order valence-corrected chi connectivity index (χ4v) is 7.93. The first-order chi connectivity index (χ1) is 34.8. The molecule has 0 spiro atoms. The molecular formula is C49H65N11O11S. The number of carbonyl (C=O) groups excluding carboxylic acids is 5. The highest BCUT2D eigenvalue weighted by Crippen LogP contribution is 2.25. The lowest BCUT2D eigenvalue weighted by molar-refractivity contribution is -0.972. The Morgan fingerprint density at radius 3 is 2.17 bits per heavy atom. The Kier molecular flexibility index (Phi) is 21.9. The van der Waals surface area contributed by atoms with Crippen LogP contribution in [0.2, 0.25) is 0 Å². The molecule has 0 bridgehead atoms. The normalized spacial score (nSPS) is 15.8. The molecule has 388 valence electrons. The summed E-state index contributed by atoms with van der Waals surface area (Å²) in [6.45, 7) is 9.07. The van der Waals surface area contributed by atoms with Crippen LogP contribution in [-0.2, 0) is 33.4 Å². The van der Waals surface area contributed by atoms with Crippen LogP contribution in [0.15, 0.2) is 77.8 Å². The molecule has 23 heteroatoms. The Labute approximate surface area is 424 Å². The molecule has 0 radical (unpaired) electrons. The van der Waals surface area contributed by atoms with Crippen molar-refractivity contribution in [2.75, 3.05) is 108 Å². The van der Waals surface area contributed by atoms with E-state index in [0.717, 1.165) is 27.5 Å². The van der Waals surface area contributed by atoms with E-state index in [0.29, 0.717) is 109 Å². The third-order valence-corrected chi connectivity index (χ3v) is 12.0. The number of carbonyl (C=O) groups is 5. The summed E-state index contributed by atoms with van der Waals surface area (Å²) in [5.41, 5.74) is 4.12. The van der Waals surface area contributed by atoms with Crippen molar-refractivity contribution < 1.29 is 53.2 Å². The largest absolute Gasteiger partial charge is 0.626 e. The number of rotatable bonds is 28. The van der Waals surface area contributed by atoms with Gasteiger partial charge in [0.2, 0.25) is 17.8 Å². The van der Waals surface area contributed by atoms with Crippen molar-refractivity contribution in [3.8, 4) is 5.75 Å². The van der Waals surface area contributed by atoms with E-state index < -0.39 is 28.8 Å². The second-order valence-corrected chi connectivity index (χ2v) is 17.6. The predicted molar refractivity (Wildman–Crippen MR) is 270 cm³/mol. The van der Waals surface area contributed by atoms with Crippen molar-refractivity contribution in [2.45, 2.75) is 56.9 Å². The second kappa shape index (κ2) is 28.7. The fraction of sp³-hybridized carbons (Fsp3) is 0.449. The molecule has 72 heavy (non-hydrogen) atoms. The molecule has 2 fully saturated rings. The van der Waals surface area contributed by atoms with E-state index in [2.05, 4.69) is 54.1 Å². The highest BCUT2D eigenvalue weighted by molar-refractivity contribution is 7.80. The molecule has 3 atom stereocenters. The Bertz CT molecular complexity index is 2430. The van der Waals surface area contributed by atoms with Gasteiger partial charge in [-0.2, -0.15) is 9.99 Å². The molecule has 6 rings (SSSR count). The van der Waals surface area contributed by atoms with Gasteiger partial charge in [-0.15, -0.1) is 12.6 Å². The summed E-state index contributed by atoms with van der Waals surface area (Å²) in [6.07, 6.45) is 3.04. The summed E-state index contributed by atoms with van der Waals surface area (Å²) in [5, 5.41) is 40.8. The van der Waals surface area contributed by atoms with Crippen LogP contribution in [0.4, 0.5) is 28.8 Å². The Morgan fingerprint density at radius 2 is 1.49 bits per heavy atom. The maximum Gasteiger partial charge on any atom is 0.345 e. The van der Waals surface area contributed by atoms with Gasteiger partial charge < -0.3 is 55.5 Å². The number of hydrogen-bond acceptors (Lipinski definition) is 18. The zero-order valence-electron chi connectivity index (χ0n) is 40.7. The van der Waals surface area contributed by atoms with Gasteiger partial charge in [-0.3, -0.25) is 34.7 Å². The van der Waals surface area contributed by atoms with Crippen LogP contribution in [0.1, 0.15) is 53.6 Å². The van der Waals surface area contributed by atoms with E-state index in [4.69, 9.17) is 18.9 Å². The number of hydrogen-bond donors (Lipinski definition) is 8. The van der Waals surface area contributed by atoms with Gasteiger partial charge in [0.25, 0.3) is 11.8 Å². The summed E-state index contributed by atoms with van der Waals surface area (Å²) in [5.74, 6) is -1.25. The summed E-state index contributed by atoms with van der Waals surface area (Å²) >= 11 is 4.41. The molecule has 3 heterocycles. The van der Waals surface area contributed by atoms with E-state index in [-0.39, 0.29) is 60.7 Å². The average Bonchev–Trinajstić information content (AvgIpc) is 3.37. The quantitative estimate of drug-likeness (QED) is 0.0172. The van der Waals surface area contributed by atoms with Crippen molar-refractivity contribution in [1.29, 1.82) is 0 Å². The van der Waals surface area contributed by atoms with Crippen LogP contribution in [0, 0.1) is 24.3 Å². The van der Waals surface area contributed by atoms with E-state index in [1.807, 2.05) is 60.5 Å². The Hall–Kier alpha value is -6.28. The average molecular weight is 1020 g/mol. The van der Waals surface area contributed by atoms with E-state index in [9.17, 15) is 34.4 Å². The van der Waals surface area contributed by atoms with Crippen molar-refractivity contribution in [3.63, 3.8) is 0 Å². The molecule has 4 aromatic rings. The maximum atomic E-state index is 12.9. The van der Waals surface area contributed by atoms with Gasteiger partial charge >= 0.3 is 5.91 Å². The summed E-state index contributed by atoms with van der Waals surface area (Å²) in [4.78, 5) is 73.3. The fourth-order valence-electron chi connectivity index (χ4n) is 7.71. The Balaban J connectivity index is 0.720. The summed E-state index contributed by atoms with van der Waals surface area (Å²) < 4.78 is 22.3.